The number of fused-ring (bicyclic) bond motifs is 1. The molecule has 0 amide bonds. The van der Waals surface area contributed by atoms with Gasteiger partial charge < -0.3 is 29.2 Å². The second-order valence-corrected chi connectivity index (χ2v) is 7.44. The molecule has 8 heteroatoms. The Bertz CT molecular complexity index is 751. The van der Waals surface area contributed by atoms with Crippen molar-refractivity contribution in [3.63, 3.8) is 0 Å². The average Bonchev–Trinajstić information content (AvgIpc) is 2.73. The van der Waals surface area contributed by atoms with Gasteiger partial charge in [-0.2, -0.15) is 0 Å². The minimum Gasteiger partial charge on any atom is -0.394 e. The Hall–Kier alpha value is -1.22. The molecular weight excluding hydrogens is 407 g/mol. The molecule has 2 aliphatic heterocycles. The van der Waals surface area contributed by atoms with Crippen molar-refractivity contribution >= 4 is 23.2 Å². The van der Waals surface area contributed by atoms with Crippen LogP contribution in [0, 0.1) is 0 Å². The van der Waals surface area contributed by atoms with Crippen LogP contribution < -0.4 is 0 Å². The zero-order chi connectivity index (χ0) is 19.7. The van der Waals surface area contributed by atoms with Gasteiger partial charge in [-0.05, 0) is 12.1 Å². The van der Waals surface area contributed by atoms with Crippen LogP contribution in [0.3, 0.4) is 0 Å². The van der Waals surface area contributed by atoms with Gasteiger partial charge in [-0.15, -0.1) is 0 Å². The summed E-state index contributed by atoms with van der Waals surface area (Å²) in [5, 5.41) is 20.8. The van der Waals surface area contributed by atoms with Gasteiger partial charge in [-0.25, -0.2) is 0 Å². The lowest BCUT2D eigenvalue weighted by Gasteiger charge is -2.48. The lowest BCUT2D eigenvalue weighted by molar-refractivity contribution is -0.387. The predicted octanol–water partition coefficient (Wildman–Crippen LogP) is 3.24. The van der Waals surface area contributed by atoms with Crippen LogP contribution >= 0.6 is 23.2 Å². The molecular formula is C20H20Cl2O6. The van der Waals surface area contributed by atoms with E-state index in [4.69, 9.17) is 42.1 Å². The van der Waals surface area contributed by atoms with Crippen LogP contribution in [-0.2, 0) is 18.9 Å². The summed E-state index contributed by atoms with van der Waals surface area (Å²) < 4.78 is 23.9. The van der Waals surface area contributed by atoms with Gasteiger partial charge in [0.1, 0.15) is 24.4 Å². The normalized spacial score (nSPS) is 32.7. The molecule has 6 nitrogen and oxygen atoms in total. The van der Waals surface area contributed by atoms with Crippen molar-refractivity contribution in [2.24, 2.45) is 0 Å². The monoisotopic (exact) mass is 426 g/mol. The van der Waals surface area contributed by atoms with Gasteiger partial charge in [-0.1, -0.05) is 59.6 Å². The summed E-state index contributed by atoms with van der Waals surface area (Å²) in [6.07, 6.45) is -4.33. The zero-order valence-electron chi connectivity index (χ0n) is 14.8. The maximum absolute atomic E-state index is 9.91. The Morgan fingerprint density at radius 3 is 1.39 bits per heavy atom. The van der Waals surface area contributed by atoms with Crippen molar-refractivity contribution in [3.8, 4) is 0 Å². The molecule has 0 aliphatic carbocycles. The van der Waals surface area contributed by atoms with E-state index in [1.54, 1.807) is 36.4 Å². The minimum absolute atomic E-state index is 0.293. The van der Waals surface area contributed by atoms with Crippen LogP contribution in [-0.4, -0.2) is 47.8 Å². The highest BCUT2D eigenvalue weighted by Gasteiger charge is 2.50. The number of ether oxygens (including phenoxy) is 4. The summed E-state index contributed by atoms with van der Waals surface area (Å²) in [5.74, 6) is 0. The molecule has 0 saturated carbocycles. The first-order chi connectivity index (χ1) is 13.6. The van der Waals surface area contributed by atoms with E-state index in [0.29, 0.717) is 21.2 Å². The molecule has 6 atom stereocenters. The third kappa shape index (κ3) is 3.79. The Labute approximate surface area is 172 Å². The fourth-order valence-corrected chi connectivity index (χ4v) is 3.94. The van der Waals surface area contributed by atoms with Gasteiger partial charge in [0.15, 0.2) is 12.6 Å². The van der Waals surface area contributed by atoms with Crippen molar-refractivity contribution in [2.75, 3.05) is 13.2 Å². The molecule has 2 N–H and O–H groups in total. The van der Waals surface area contributed by atoms with E-state index in [1.165, 1.54) is 0 Å². The van der Waals surface area contributed by atoms with Crippen LogP contribution in [0.15, 0.2) is 48.5 Å². The molecule has 2 fully saturated rings. The largest absolute Gasteiger partial charge is 0.394 e. The maximum atomic E-state index is 9.91. The fraction of sp³-hybridized carbons (Fsp3) is 0.400. The number of halogens is 2. The zero-order valence-corrected chi connectivity index (χ0v) is 16.3. The summed E-state index contributed by atoms with van der Waals surface area (Å²) in [7, 11) is 0. The molecule has 150 valence electrons. The van der Waals surface area contributed by atoms with Crippen LogP contribution in [0.1, 0.15) is 23.7 Å². The van der Waals surface area contributed by atoms with E-state index in [2.05, 4.69) is 0 Å². The second-order valence-electron chi connectivity index (χ2n) is 6.62. The van der Waals surface area contributed by atoms with Gasteiger partial charge in [-0.3, -0.25) is 0 Å². The molecule has 2 saturated heterocycles. The fourth-order valence-electron chi connectivity index (χ4n) is 3.49. The molecule has 0 bridgehead atoms. The summed E-state index contributed by atoms with van der Waals surface area (Å²) in [6, 6.07) is 14.3. The van der Waals surface area contributed by atoms with E-state index >= 15 is 0 Å². The quantitative estimate of drug-likeness (QED) is 0.781. The number of hydrogen-bond donors (Lipinski definition) is 2. The molecule has 0 aromatic heterocycles. The van der Waals surface area contributed by atoms with E-state index in [-0.39, 0.29) is 13.2 Å². The molecule has 0 radical (unpaired) electrons. The Balaban J connectivity index is 1.62. The number of rotatable bonds is 4. The number of hydrogen-bond acceptors (Lipinski definition) is 6. The molecule has 2 heterocycles. The molecule has 4 rings (SSSR count). The lowest BCUT2D eigenvalue weighted by atomic mass is 9.98. The third-order valence-corrected chi connectivity index (χ3v) is 5.58. The maximum Gasteiger partial charge on any atom is 0.186 e. The highest BCUT2D eigenvalue weighted by molar-refractivity contribution is 6.31. The minimum atomic E-state index is -0.815. The second kappa shape index (κ2) is 8.65. The SMILES string of the molecule is OC[C@@H]1OC(c2ccccc2Cl)O[C@@H]2[C@H]1OC(c1ccccc1Cl)O[C@@H]2CO. The third-order valence-electron chi connectivity index (χ3n) is 4.89. The summed E-state index contributed by atoms with van der Waals surface area (Å²) in [4.78, 5) is 0. The van der Waals surface area contributed by atoms with Gasteiger partial charge in [0.2, 0.25) is 0 Å². The smallest absolute Gasteiger partial charge is 0.186 e. The summed E-state index contributed by atoms with van der Waals surface area (Å²) in [6.45, 7) is -0.586. The van der Waals surface area contributed by atoms with Crippen molar-refractivity contribution in [1.82, 2.24) is 0 Å². The van der Waals surface area contributed by atoms with Gasteiger partial charge in [0.25, 0.3) is 0 Å². The first-order valence-electron chi connectivity index (χ1n) is 8.94. The van der Waals surface area contributed by atoms with Gasteiger partial charge >= 0.3 is 0 Å². The standard InChI is InChI=1S/C20H20Cl2O6/c21-13-7-3-1-5-11(13)19-25-15(9-23)18-17(27-19)16(10-24)26-20(28-18)12-6-2-4-8-14(12)22/h1-8,15-20,23-24H,9-10H2/t15-,16+,17-,18-,19?,20?/m0/s1. The lowest BCUT2D eigenvalue weighted by Crippen LogP contribution is -2.60. The van der Waals surface area contributed by atoms with Crippen molar-refractivity contribution in [1.29, 1.82) is 0 Å². The molecule has 28 heavy (non-hydrogen) atoms. The molecule has 2 aliphatic rings. The van der Waals surface area contributed by atoms with E-state index in [9.17, 15) is 10.2 Å². The molecule has 2 aromatic carbocycles. The van der Waals surface area contributed by atoms with Crippen molar-refractivity contribution in [3.05, 3.63) is 69.7 Å². The summed E-state index contributed by atoms with van der Waals surface area (Å²) in [5.41, 5.74) is 1.26. The molecule has 2 aromatic rings. The van der Waals surface area contributed by atoms with Gasteiger partial charge in [0.05, 0.1) is 13.2 Å². The van der Waals surface area contributed by atoms with Crippen LogP contribution in [0.2, 0.25) is 10.0 Å². The first-order valence-corrected chi connectivity index (χ1v) is 9.70. The summed E-state index contributed by atoms with van der Waals surface area (Å²) >= 11 is 12.5. The number of aliphatic hydroxyl groups excluding tert-OH is 2. The average molecular weight is 427 g/mol. The van der Waals surface area contributed by atoms with Crippen LogP contribution in [0.25, 0.3) is 0 Å². The van der Waals surface area contributed by atoms with Crippen molar-refractivity contribution in [2.45, 2.75) is 37.0 Å². The topological polar surface area (TPSA) is 77.4 Å². The first kappa shape index (κ1) is 20.1. The molecule has 2 unspecified atom stereocenters. The highest BCUT2D eigenvalue weighted by atomic mass is 35.5. The van der Waals surface area contributed by atoms with E-state index in [0.717, 1.165) is 0 Å². The van der Waals surface area contributed by atoms with E-state index in [1.807, 2.05) is 12.1 Å². The Morgan fingerprint density at radius 1 is 0.643 bits per heavy atom. The van der Waals surface area contributed by atoms with Crippen molar-refractivity contribution < 1.29 is 29.2 Å². The van der Waals surface area contributed by atoms with Gasteiger partial charge in [0, 0.05) is 21.2 Å². The highest BCUT2D eigenvalue weighted by Crippen LogP contribution is 2.42. The Morgan fingerprint density at radius 2 is 1.04 bits per heavy atom. The van der Waals surface area contributed by atoms with E-state index < -0.39 is 37.0 Å². The molecule has 0 spiro atoms. The number of aliphatic hydroxyl groups is 2. The number of benzene rings is 2. The van der Waals surface area contributed by atoms with Crippen LogP contribution in [0.4, 0.5) is 0 Å². The Kier molecular flexibility index (Phi) is 6.20. The predicted molar refractivity (Wildman–Crippen MR) is 102 cm³/mol. The van der Waals surface area contributed by atoms with Crippen LogP contribution in [0.5, 0.6) is 0 Å².